The molecule has 1 N–H and O–H groups in total. The molecule has 11 nitrogen and oxygen atoms in total. The normalized spacial score (nSPS) is 16.5. The Morgan fingerprint density at radius 2 is 2.02 bits per heavy atom. The quantitative estimate of drug-likeness (QED) is 0.299. The number of nitrogens with one attached hydrogen (secondary N) is 1. The van der Waals surface area contributed by atoms with E-state index in [1.54, 1.807) is 26.5 Å². The maximum atomic E-state index is 13.9. The maximum Gasteiger partial charge on any atom is 0.253 e. The number of hydrogen-bond donors (Lipinski definition) is 1. The standard InChI is InChI=1S/C29H37N7O4/c1-6-29(2,3)36-27(32-33-34-36)26(35(18-21-10-8-12-40-21)17-19-9-7-11-30-16-19)22-13-20-14-24(38-4)25(39-5)15-23(20)31-28(22)37/h7,9,11,13-16,21,26H,6,8,10,12,17-18H2,1-5H3,(H,31,37). The third-order valence-electron chi connectivity index (χ3n) is 7.78. The zero-order valence-corrected chi connectivity index (χ0v) is 23.8. The van der Waals surface area contributed by atoms with Crippen LogP contribution < -0.4 is 15.0 Å². The highest BCUT2D eigenvalue weighted by Crippen LogP contribution is 2.35. The van der Waals surface area contributed by atoms with Crippen LogP contribution >= 0.6 is 0 Å². The lowest BCUT2D eigenvalue weighted by molar-refractivity contribution is 0.0562. The minimum absolute atomic E-state index is 0.0339. The molecule has 212 valence electrons. The molecule has 40 heavy (non-hydrogen) atoms. The Labute approximate surface area is 233 Å². The van der Waals surface area contributed by atoms with E-state index in [0.717, 1.165) is 36.8 Å². The summed E-state index contributed by atoms with van der Waals surface area (Å²) in [5, 5.41) is 13.8. The van der Waals surface area contributed by atoms with Crippen molar-refractivity contribution in [3.63, 3.8) is 0 Å². The number of fused-ring (bicyclic) bond motifs is 1. The summed E-state index contributed by atoms with van der Waals surface area (Å²) >= 11 is 0. The van der Waals surface area contributed by atoms with E-state index >= 15 is 0 Å². The van der Waals surface area contributed by atoms with Crippen LogP contribution in [0.3, 0.4) is 0 Å². The van der Waals surface area contributed by atoms with Gasteiger partial charge >= 0.3 is 0 Å². The van der Waals surface area contributed by atoms with Crippen LogP contribution in [0.25, 0.3) is 10.9 Å². The van der Waals surface area contributed by atoms with Gasteiger partial charge in [0.1, 0.15) is 6.04 Å². The average Bonchev–Trinajstić information content (AvgIpc) is 3.66. The number of tetrazole rings is 1. The van der Waals surface area contributed by atoms with Gasteiger partial charge in [0.15, 0.2) is 17.3 Å². The van der Waals surface area contributed by atoms with Crippen LogP contribution in [0.5, 0.6) is 11.5 Å². The van der Waals surface area contributed by atoms with Crippen molar-refractivity contribution in [3.8, 4) is 11.5 Å². The molecule has 2 unspecified atom stereocenters. The second-order valence-electron chi connectivity index (χ2n) is 10.8. The SMILES string of the molecule is CCC(C)(C)n1nnnc1C(c1cc2cc(OC)c(OC)cc2[nH]c1=O)N(Cc1cccnc1)CC1CCCO1. The number of pyridine rings is 2. The number of H-pyrrole nitrogens is 1. The highest BCUT2D eigenvalue weighted by molar-refractivity contribution is 5.83. The van der Waals surface area contributed by atoms with Crippen molar-refractivity contribution < 1.29 is 14.2 Å². The molecular weight excluding hydrogens is 510 g/mol. The number of aromatic nitrogens is 6. The van der Waals surface area contributed by atoms with E-state index in [1.165, 1.54) is 0 Å². The fourth-order valence-electron chi connectivity index (χ4n) is 5.23. The molecule has 11 heteroatoms. The Morgan fingerprint density at radius 1 is 1.23 bits per heavy atom. The molecule has 0 spiro atoms. The second-order valence-corrected chi connectivity index (χ2v) is 10.8. The van der Waals surface area contributed by atoms with Crippen LogP contribution in [-0.2, 0) is 16.8 Å². The summed E-state index contributed by atoms with van der Waals surface area (Å²) in [5.74, 6) is 1.72. The van der Waals surface area contributed by atoms with Crippen molar-refractivity contribution in [2.24, 2.45) is 0 Å². The van der Waals surface area contributed by atoms with E-state index < -0.39 is 6.04 Å². The average molecular weight is 548 g/mol. The molecule has 4 aromatic rings. The van der Waals surface area contributed by atoms with Gasteiger partial charge in [-0.2, -0.15) is 0 Å². The van der Waals surface area contributed by atoms with Crippen LogP contribution in [0.4, 0.5) is 0 Å². The Morgan fingerprint density at radius 3 is 2.70 bits per heavy atom. The Balaban J connectivity index is 1.72. The van der Waals surface area contributed by atoms with Gasteiger partial charge < -0.3 is 19.2 Å². The van der Waals surface area contributed by atoms with Crippen molar-refractivity contribution >= 4 is 10.9 Å². The van der Waals surface area contributed by atoms with Crippen LogP contribution in [0, 0.1) is 0 Å². The highest BCUT2D eigenvalue weighted by atomic mass is 16.5. The molecule has 2 atom stereocenters. The molecule has 0 aliphatic carbocycles. The first kappa shape index (κ1) is 27.7. The van der Waals surface area contributed by atoms with E-state index in [9.17, 15) is 4.79 Å². The van der Waals surface area contributed by atoms with Gasteiger partial charge in [-0.05, 0) is 67.3 Å². The van der Waals surface area contributed by atoms with Crippen molar-refractivity contribution in [1.29, 1.82) is 0 Å². The first-order chi connectivity index (χ1) is 19.3. The largest absolute Gasteiger partial charge is 0.493 e. The van der Waals surface area contributed by atoms with Crippen molar-refractivity contribution in [2.75, 3.05) is 27.4 Å². The summed E-state index contributed by atoms with van der Waals surface area (Å²) in [6.07, 6.45) is 6.40. The number of aromatic amines is 1. The third-order valence-corrected chi connectivity index (χ3v) is 7.78. The van der Waals surface area contributed by atoms with Crippen LogP contribution in [0.15, 0.2) is 47.5 Å². The molecule has 1 aromatic carbocycles. The lowest BCUT2D eigenvalue weighted by Crippen LogP contribution is -2.41. The molecular formula is C29H37N7O4. The monoisotopic (exact) mass is 547 g/mol. The Kier molecular flexibility index (Phi) is 8.13. The summed E-state index contributed by atoms with van der Waals surface area (Å²) in [5.41, 5.74) is 1.60. The zero-order valence-electron chi connectivity index (χ0n) is 23.8. The lowest BCUT2D eigenvalue weighted by atomic mass is 9.98. The predicted octanol–water partition coefficient (Wildman–Crippen LogP) is 3.84. The lowest BCUT2D eigenvalue weighted by Gasteiger charge is -2.34. The summed E-state index contributed by atoms with van der Waals surface area (Å²) in [6, 6.07) is 8.94. The molecule has 1 fully saturated rings. The minimum Gasteiger partial charge on any atom is -0.493 e. The third kappa shape index (κ3) is 5.57. The first-order valence-electron chi connectivity index (χ1n) is 13.7. The number of hydrogen-bond acceptors (Lipinski definition) is 9. The summed E-state index contributed by atoms with van der Waals surface area (Å²) < 4.78 is 18.9. The molecule has 1 aliphatic rings. The topological polar surface area (TPSA) is 120 Å². The molecule has 1 saturated heterocycles. The number of ether oxygens (including phenoxy) is 3. The highest BCUT2D eigenvalue weighted by Gasteiger charge is 2.36. The van der Waals surface area contributed by atoms with Gasteiger partial charge in [-0.25, -0.2) is 4.68 Å². The molecule has 3 aromatic heterocycles. The van der Waals surface area contributed by atoms with Gasteiger partial charge in [0, 0.05) is 49.1 Å². The van der Waals surface area contributed by atoms with E-state index in [1.807, 2.05) is 35.1 Å². The predicted molar refractivity (Wildman–Crippen MR) is 151 cm³/mol. The fraction of sp³-hybridized carbons (Fsp3) is 0.483. The van der Waals surface area contributed by atoms with Gasteiger partial charge in [-0.1, -0.05) is 13.0 Å². The van der Waals surface area contributed by atoms with Crippen LogP contribution in [0.1, 0.15) is 63.0 Å². The smallest absolute Gasteiger partial charge is 0.253 e. The van der Waals surface area contributed by atoms with Gasteiger partial charge in [-0.3, -0.25) is 14.7 Å². The first-order valence-corrected chi connectivity index (χ1v) is 13.7. The fourth-order valence-corrected chi connectivity index (χ4v) is 5.23. The molecule has 4 heterocycles. The van der Waals surface area contributed by atoms with Gasteiger partial charge in [0.05, 0.1) is 31.4 Å². The van der Waals surface area contributed by atoms with Gasteiger partial charge in [0.2, 0.25) is 0 Å². The van der Waals surface area contributed by atoms with E-state index in [2.05, 4.69) is 51.2 Å². The maximum absolute atomic E-state index is 13.9. The van der Waals surface area contributed by atoms with E-state index in [0.29, 0.717) is 41.5 Å². The molecule has 1 aliphatic heterocycles. The number of methoxy groups -OCH3 is 2. The number of benzene rings is 1. The van der Waals surface area contributed by atoms with Crippen LogP contribution in [0.2, 0.25) is 0 Å². The van der Waals surface area contributed by atoms with E-state index in [4.69, 9.17) is 14.2 Å². The Bertz CT molecular complexity index is 1500. The number of rotatable bonds is 11. The second kappa shape index (κ2) is 11.7. The van der Waals surface area contributed by atoms with Crippen molar-refractivity contribution in [2.45, 2.75) is 64.3 Å². The summed E-state index contributed by atoms with van der Waals surface area (Å²) in [7, 11) is 3.17. The minimum atomic E-state index is -0.563. The summed E-state index contributed by atoms with van der Waals surface area (Å²) in [4.78, 5) is 23.5. The van der Waals surface area contributed by atoms with Gasteiger partial charge in [0.25, 0.3) is 5.56 Å². The van der Waals surface area contributed by atoms with Gasteiger partial charge in [-0.15, -0.1) is 5.10 Å². The number of nitrogens with zero attached hydrogens (tertiary/aromatic N) is 6. The Hall–Kier alpha value is -3.83. The molecule has 0 amide bonds. The summed E-state index contributed by atoms with van der Waals surface area (Å²) in [6.45, 7) is 8.15. The van der Waals surface area contributed by atoms with E-state index in [-0.39, 0.29) is 17.2 Å². The molecule has 0 bridgehead atoms. The van der Waals surface area contributed by atoms with Crippen molar-refractivity contribution in [3.05, 3.63) is 70.0 Å². The van der Waals surface area contributed by atoms with Crippen LogP contribution in [-0.4, -0.2) is 68.6 Å². The molecule has 0 radical (unpaired) electrons. The van der Waals surface area contributed by atoms with Crippen molar-refractivity contribution in [1.82, 2.24) is 35.1 Å². The molecule has 0 saturated carbocycles. The molecule has 5 rings (SSSR count). The zero-order chi connectivity index (χ0) is 28.3.